The van der Waals surface area contributed by atoms with Crippen LogP contribution >= 0.6 is 0 Å². The summed E-state index contributed by atoms with van der Waals surface area (Å²) in [6, 6.07) is 19.8. The summed E-state index contributed by atoms with van der Waals surface area (Å²) in [4.78, 5) is 8.67. The number of hydrogen-bond acceptors (Lipinski definition) is 5. The van der Waals surface area contributed by atoms with Crippen LogP contribution in [0.5, 0.6) is 17.4 Å². The zero-order chi connectivity index (χ0) is 20.6. The second-order valence-electron chi connectivity index (χ2n) is 6.71. The fourth-order valence-corrected chi connectivity index (χ4v) is 3.05. The highest BCUT2D eigenvalue weighted by atomic mass is 16.7. The second kappa shape index (κ2) is 9.65. The molecule has 0 radical (unpaired) electrons. The lowest BCUT2D eigenvalue weighted by atomic mass is 10.2. The molecule has 0 amide bonds. The number of rotatable bonds is 7. The molecule has 30 heavy (non-hydrogen) atoms. The zero-order valence-electron chi connectivity index (χ0n) is 16.8. The van der Waals surface area contributed by atoms with Crippen LogP contribution in [0.4, 0.5) is 0 Å². The molecule has 1 aromatic heterocycles. The number of benzene rings is 2. The summed E-state index contributed by atoms with van der Waals surface area (Å²) in [7, 11) is 1.74. The molecule has 0 unspecified atom stereocenters. The van der Waals surface area contributed by atoms with E-state index in [4.69, 9.17) is 14.2 Å². The molecule has 0 saturated heterocycles. The second-order valence-corrected chi connectivity index (χ2v) is 6.71. The highest BCUT2D eigenvalue weighted by Gasteiger charge is 2.13. The smallest absolute Gasteiger partial charge is 0.231 e. The van der Waals surface area contributed by atoms with E-state index in [-0.39, 0.29) is 6.79 Å². The van der Waals surface area contributed by atoms with Crippen molar-refractivity contribution in [2.45, 2.75) is 19.7 Å². The van der Waals surface area contributed by atoms with Crippen molar-refractivity contribution in [3.8, 4) is 17.4 Å². The Morgan fingerprint density at radius 1 is 0.967 bits per heavy atom. The highest BCUT2D eigenvalue weighted by Crippen LogP contribution is 2.32. The number of ether oxygens (including phenoxy) is 3. The van der Waals surface area contributed by atoms with E-state index < -0.39 is 0 Å². The van der Waals surface area contributed by atoms with Gasteiger partial charge in [-0.25, -0.2) is 4.98 Å². The van der Waals surface area contributed by atoms with Crippen LogP contribution < -0.4 is 24.8 Å². The zero-order valence-corrected chi connectivity index (χ0v) is 16.8. The van der Waals surface area contributed by atoms with Gasteiger partial charge in [0, 0.05) is 31.9 Å². The fraction of sp³-hybridized carbons (Fsp3) is 0.217. The summed E-state index contributed by atoms with van der Waals surface area (Å²) < 4.78 is 16.7. The van der Waals surface area contributed by atoms with E-state index in [1.54, 1.807) is 13.2 Å². The van der Waals surface area contributed by atoms with E-state index in [0.29, 0.717) is 31.5 Å². The molecule has 7 heteroatoms. The molecule has 0 saturated carbocycles. The summed E-state index contributed by atoms with van der Waals surface area (Å²) >= 11 is 0. The third-order valence-electron chi connectivity index (χ3n) is 4.64. The number of nitrogens with zero attached hydrogens (tertiary/aromatic N) is 2. The van der Waals surface area contributed by atoms with Gasteiger partial charge in [-0.1, -0.05) is 42.5 Å². The first kappa shape index (κ1) is 19.6. The van der Waals surface area contributed by atoms with Crippen LogP contribution in [0.3, 0.4) is 0 Å². The van der Waals surface area contributed by atoms with Gasteiger partial charge in [0.25, 0.3) is 0 Å². The van der Waals surface area contributed by atoms with Gasteiger partial charge < -0.3 is 24.8 Å². The number of fused-ring (bicyclic) bond motifs is 1. The van der Waals surface area contributed by atoms with Crippen molar-refractivity contribution in [3.63, 3.8) is 0 Å². The van der Waals surface area contributed by atoms with Crippen molar-refractivity contribution in [3.05, 3.63) is 83.6 Å². The average molecular weight is 404 g/mol. The number of aliphatic imine (C=N–C) groups is 1. The summed E-state index contributed by atoms with van der Waals surface area (Å²) in [6.07, 6.45) is 1.73. The first-order chi connectivity index (χ1) is 14.8. The Hall–Kier alpha value is -3.74. The Labute approximate surface area is 175 Å². The van der Waals surface area contributed by atoms with Crippen molar-refractivity contribution < 1.29 is 14.2 Å². The monoisotopic (exact) mass is 404 g/mol. The number of nitrogens with one attached hydrogen (secondary N) is 2. The number of aromatic nitrogens is 1. The first-order valence-electron chi connectivity index (χ1n) is 9.75. The molecule has 3 aromatic rings. The fourth-order valence-electron chi connectivity index (χ4n) is 3.05. The predicted molar refractivity (Wildman–Crippen MR) is 115 cm³/mol. The largest absolute Gasteiger partial charge is 0.473 e. The first-order valence-corrected chi connectivity index (χ1v) is 9.75. The maximum Gasteiger partial charge on any atom is 0.231 e. The van der Waals surface area contributed by atoms with Crippen LogP contribution in [0, 0.1) is 0 Å². The van der Waals surface area contributed by atoms with Gasteiger partial charge in [-0.3, -0.25) is 4.99 Å². The van der Waals surface area contributed by atoms with Crippen molar-refractivity contribution in [2.24, 2.45) is 4.99 Å². The lowest BCUT2D eigenvalue weighted by Crippen LogP contribution is -2.36. The van der Waals surface area contributed by atoms with Crippen LogP contribution in [-0.4, -0.2) is 24.8 Å². The topological polar surface area (TPSA) is 77.0 Å². The molecule has 154 valence electrons. The van der Waals surface area contributed by atoms with E-state index in [1.807, 2.05) is 60.7 Å². The summed E-state index contributed by atoms with van der Waals surface area (Å²) in [6.45, 7) is 1.90. The molecular weight excluding hydrogens is 380 g/mol. The summed E-state index contributed by atoms with van der Waals surface area (Å²) in [5.41, 5.74) is 3.14. The van der Waals surface area contributed by atoms with Crippen LogP contribution in [0.15, 0.2) is 71.9 Å². The van der Waals surface area contributed by atoms with Crippen molar-refractivity contribution >= 4 is 5.96 Å². The Morgan fingerprint density at radius 2 is 1.80 bits per heavy atom. The molecule has 2 heterocycles. The third kappa shape index (κ3) is 5.00. The predicted octanol–water partition coefficient (Wildman–Crippen LogP) is 3.25. The summed E-state index contributed by atoms with van der Waals surface area (Å²) in [5.74, 6) is 2.85. The Morgan fingerprint density at radius 3 is 2.67 bits per heavy atom. The lowest BCUT2D eigenvalue weighted by molar-refractivity contribution is 0.174. The van der Waals surface area contributed by atoms with E-state index in [0.717, 1.165) is 28.2 Å². The molecule has 2 N–H and O–H groups in total. The van der Waals surface area contributed by atoms with E-state index in [1.165, 1.54) is 0 Å². The van der Waals surface area contributed by atoms with Crippen molar-refractivity contribution in [2.75, 3.05) is 13.8 Å². The minimum atomic E-state index is 0.273. The van der Waals surface area contributed by atoms with Gasteiger partial charge in [0.05, 0.1) is 0 Å². The van der Waals surface area contributed by atoms with Crippen LogP contribution in [0.2, 0.25) is 0 Å². The van der Waals surface area contributed by atoms with Gasteiger partial charge in [-0.15, -0.1) is 0 Å². The lowest BCUT2D eigenvalue weighted by Gasteiger charge is -2.14. The minimum absolute atomic E-state index is 0.273. The van der Waals surface area contributed by atoms with Crippen LogP contribution in [0.1, 0.15) is 16.7 Å². The van der Waals surface area contributed by atoms with Gasteiger partial charge in [-0.2, -0.15) is 0 Å². The third-order valence-corrected chi connectivity index (χ3v) is 4.64. The van der Waals surface area contributed by atoms with Crippen molar-refractivity contribution in [1.82, 2.24) is 15.6 Å². The maximum absolute atomic E-state index is 5.92. The number of hydrogen-bond donors (Lipinski definition) is 2. The van der Waals surface area contributed by atoms with Gasteiger partial charge in [0.15, 0.2) is 17.5 Å². The molecule has 0 aliphatic carbocycles. The number of guanidine groups is 1. The van der Waals surface area contributed by atoms with Crippen LogP contribution in [0.25, 0.3) is 0 Å². The molecule has 2 aromatic carbocycles. The highest BCUT2D eigenvalue weighted by molar-refractivity contribution is 5.79. The van der Waals surface area contributed by atoms with E-state index in [9.17, 15) is 0 Å². The normalized spacial score (nSPS) is 12.5. The Bertz CT molecular complexity index is 1010. The number of pyridine rings is 1. The molecule has 0 atom stereocenters. The molecular formula is C23H24N4O3. The van der Waals surface area contributed by atoms with Gasteiger partial charge >= 0.3 is 0 Å². The molecule has 0 fully saturated rings. The Kier molecular flexibility index (Phi) is 6.29. The minimum Gasteiger partial charge on any atom is -0.473 e. The summed E-state index contributed by atoms with van der Waals surface area (Å²) in [5, 5.41) is 6.62. The van der Waals surface area contributed by atoms with E-state index >= 15 is 0 Å². The van der Waals surface area contributed by atoms with Gasteiger partial charge in [0.2, 0.25) is 12.7 Å². The van der Waals surface area contributed by atoms with Crippen LogP contribution in [-0.2, 0) is 19.7 Å². The maximum atomic E-state index is 5.92. The molecule has 7 nitrogen and oxygen atoms in total. The molecule has 4 rings (SSSR count). The Balaban J connectivity index is 1.32. The van der Waals surface area contributed by atoms with Gasteiger partial charge in [0.1, 0.15) is 6.61 Å². The van der Waals surface area contributed by atoms with Gasteiger partial charge in [-0.05, 0) is 29.3 Å². The molecule has 0 spiro atoms. The molecule has 1 aliphatic heterocycles. The van der Waals surface area contributed by atoms with Crippen molar-refractivity contribution in [1.29, 1.82) is 0 Å². The SMILES string of the molecule is CN=C(NCc1ccc2c(c1)OCO2)NCc1cccnc1OCc1ccccc1. The molecule has 1 aliphatic rings. The van der Waals surface area contributed by atoms with E-state index in [2.05, 4.69) is 20.6 Å². The quantitative estimate of drug-likeness (QED) is 0.465. The molecule has 0 bridgehead atoms. The average Bonchev–Trinajstić information content (AvgIpc) is 3.27. The standard InChI is InChI=1S/C23H24N4O3/c1-24-23(26-13-18-9-10-20-21(12-18)30-16-29-20)27-14-19-8-5-11-25-22(19)28-15-17-6-3-2-4-7-17/h2-12H,13-16H2,1H3,(H2,24,26,27).